The number of halogens is 2. The first-order chi connectivity index (χ1) is 9.81. The molecule has 0 atom stereocenters. The van der Waals surface area contributed by atoms with Crippen molar-refractivity contribution in [3.05, 3.63) is 58.3 Å². The van der Waals surface area contributed by atoms with E-state index in [4.69, 9.17) is 5.11 Å². The Labute approximate surface area is 128 Å². The number of nitrogens with one attached hydrogen (secondary N) is 1. The lowest BCUT2D eigenvalue weighted by molar-refractivity contribution is 0.0697. The Balaban J connectivity index is 2.38. The largest absolute Gasteiger partial charge is 0.478 e. The number of rotatable bonds is 4. The van der Waals surface area contributed by atoms with E-state index in [2.05, 4.69) is 20.7 Å². The molecular weight excluding hydrogens is 365 g/mol. The van der Waals surface area contributed by atoms with Crippen LogP contribution in [0.3, 0.4) is 0 Å². The first-order valence-corrected chi connectivity index (χ1v) is 7.89. The van der Waals surface area contributed by atoms with E-state index in [1.165, 1.54) is 30.3 Å². The average molecular weight is 374 g/mol. The van der Waals surface area contributed by atoms with Gasteiger partial charge in [0.15, 0.2) is 0 Å². The van der Waals surface area contributed by atoms with Gasteiger partial charge in [0.2, 0.25) is 0 Å². The summed E-state index contributed by atoms with van der Waals surface area (Å²) in [6.07, 6.45) is 0. The second-order valence-electron chi connectivity index (χ2n) is 4.04. The summed E-state index contributed by atoms with van der Waals surface area (Å²) < 4.78 is 40.2. The Bertz CT molecular complexity index is 808. The summed E-state index contributed by atoms with van der Waals surface area (Å²) in [6.45, 7) is 0. The molecule has 0 aliphatic carbocycles. The number of hydrogen-bond donors (Lipinski definition) is 2. The third-order valence-electron chi connectivity index (χ3n) is 2.59. The fourth-order valence-corrected chi connectivity index (χ4v) is 3.36. The number of carboxylic acids is 1. The van der Waals surface area contributed by atoms with Gasteiger partial charge in [-0.2, -0.15) is 0 Å². The van der Waals surface area contributed by atoms with Gasteiger partial charge in [-0.25, -0.2) is 17.6 Å². The lowest BCUT2D eigenvalue weighted by Gasteiger charge is -2.10. The van der Waals surface area contributed by atoms with Crippen LogP contribution in [0.25, 0.3) is 0 Å². The van der Waals surface area contributed by atoms with E-state index >= 15 is 0 Å². The van der Waals surface area contributed by atoms with Crippen LogP contribution in [0.5, 0.6) is 0 Å². The molecule has 0 aliphatic heterocycles. The van der Waals surface area contributed by atoms with Crippen molar-refractivity contribution < 1.29 is 22.7 Å². The van der Waals surface area contributed by atoms with Crippen molar-refractivity contribution in [3.63, 3.8) is 0 Å². The summed E-state index contributed by atoms with van der Waals surface area (Å²) in [7, 11) is -4.10. The maximum absolute atomic E-state index is 13.5. The van der Waals surface area contributed by atoms with Gasteiger partial charge in [0, 0.05) is 4.47 Å². The monoisotopic (exact) mass is 373 g/mol. The maximum atomic E-state index is 13.5. The average Bonchev–Trinajstić information content (AvgIpc) is 2.41. The Kier molecular flexibility index (Phi) is 4.29. The smallest absolute Gasteiger partial charge is 0.335 e. The minimum absolute atomic E-state index is 0.00397. The van der Waals surface area contributed by atoms with Crippen LogP contribution < -0.4 is 4.72 Å². The summed E-state index contributed by atoms with van der Waals surface area (Å²) in [4.78, 5) is 10.3. The van der Waals surface area contributed by atoms with E-state index in [1.54, 1.807) is 0 Å². The Hall–Kier alpha value is -1.93. The molecule has 0 spiro atoms. The van der Waals surface area contributed by atoms with E-state index in [0.29, 0.717) is 0 Å². The molecule has 0 amide bonds. The van der Waals surface area contributed by atoms with Gasteiger partial charge < -0.3 is 5.11 Å². The lowest BCUT2D eigenvalue weighted by Crippen LogP contribution is -2.15. The molecule has 110 valence electrons. The molecule has 8 heteroatoms. The zero-order valence-corrected chi connectivity index (χ0v) is 12.8. The molecule has 0 aromatic heterocycles. The minimum Gasteiger partial charge on any atom is -0.478 e. The number of benzene rings is 2. The maximum Gasteiger partial charge on any atom is 0.335 e. The van der Waals surface area contributed by atoms with Crippen LogP contribution in [0, 0.1) is 5.82 Å². The number of carboxylic acid groups (broad SMARTS) is 1. The van der Waals surface area contributed by atoms with Crippen LogP contribution in [0.2, 0.25) is 0 Å². The van der Waals surface area contributed by atoms with Crippen molar-refractivity contribution in [2.45, 2.75) is 4.90 Å². The highest BCUT2D eigenvalue weighted by Crippen LogP contribution is 2.27. The molecule has 0 radical (unpaired) electrons. The summed E-state index contributed by atoms with van der Waals surface area (Å²) in [6, 6.07) is 8.74. The van der Waals surface area contributed by atoms with Crippen LogP contribution in [0.4, 0.5) is 10.1 Å². The number of hydrogen-bond acceptors (Lipinski definition) is 3. The van der Waals surface area contributed by atoms with Gasteiger partial charge in [0.1, 0.15) is 10.7 Å². The summed E-state index contributed by atoms with van der Waals surface area (Å²) in [5.41, 5.74) is 0.110. The molecule has 0 unspecified atom stereocenters. The van der Waals surface area contributed by atoms with Crippen molar-refractivity contribution in [3.8, 4) is 0 Å². The number of anilines is 1. The molecule has 2 rings (SSSR count). The van der Waals surface area contributed by atoms with Crippen LogP contribution in [0.1, 0.15) is 10.4 Å². The Morgan fingerprint density at radius 2 is 1.86 bits per heavy atom. The van der Waals surface area contributed by atoms with Gasteiger partial charge in [0.05, 0.1) is 11.3 Å². The van der Waals surface area contributed by atoms with Crippen molar-refractivity contribution in [1.82, 2.24) is 0 Å². The molecular formula is C13H9BrFNO4S. The van der Waals surface area contributed by atoms with Gasteiger partial charge >= 0.3 is 5.97 Å². The molecule has 0 aliphatic rings. The van der Waals surface area contributed by atoms with Gasteiger partial charge in [-0.05, 0) is 46.3 Å². The lowest BCUT2D eigenvalue weighted by atomic mass is 10.2. The zero-order valence-electron chi connectivity index (χ0n) is 10.4. The first kappa shape index (κ1) is 15.5. The predicted octanol–water partition coefficient (Wildman–Crippen LogP) is 3.09. The van der Waals surface area contributed by atoms with Crippen LogP contribution in [-0.4, -0.2) is 19.5 Å². The fraction of sp³-hybridized carbons (Fsp3) is 0. The van der Waals surface area contributed by atoms with E-state index in [-0.39, 0.29) is 15.7 Å². The number of aromatic carboxylic acids is 1. The molecule has 0 saturated carbocycles. The highest BCUT2D eigenvalue weighted by atomic mass is 79.9. The molecule has 2 aromatic rings. The van der Waals surface area contributed by atoms with E-state index in [0.717, 1.165) is 12.1 Å². The standard InChI is InChI=1S/C13H9BrFNO4S/c14-9-7-8(13(17)18)5-6-11(9)16-21(19,20)12-4-2-1-3-10(12)15/h1-7,16H,(H,17,18). The van der Waals surface area contributed by atoms with Crippen molar-refractivity contribution >= 4 is 37.6 Å². The van der Waals surface area contributed by atoms with Crippen molar-refractivity contribution in [2.24, 2.45) is 0 Å². The van der Waals surface area contributed by atoms with Gasteiger partial charge in [-0.3, -0.25) is 4.72 Å². The molecule has 21 heavy (non-hydrogen) atoms. The highest BCUT2D eigenvalue weighted by molar-refractivity contribution is 9.10. The zero-order chi connectivity index (χ0) is 15.6. The van der Waals surface area contributed by atoms with Gasteiger partial charge in [-0.1, -0.05) is 12.1 Å². The molecule has 0 saturated heterocycles. The SMILES string of the molecule is O=C(O)c1ccc(NS(=O)(=O)c2ccccc2F)c(Br)c1. The highest BCUT2D eigenvalue weighted by Gasteiger charge is 2.20. The topological polar surface area (TPSA) is 83.5 Å². The molecule has 0 heterocycles. The Morgan fingerprint density at radius 3 is 2.43 bits per heavy atom. The van der Waals surface area contributed by atoms with Gasteiger partial charge in [-0.15, -0.1) is 0 Å². The minimum atomic E-state index is -4.10. The summed E-state index contributed by atoms with van der Waals surface area (Å²) in [5.74, 6) is -2.01. The van der Waals surface area contributed by atoms with Crippen molar-refractivity contribution in [2.75, 3.05) is 4.72 Å². The molecule has 2 aromatic carbocycles. The fourth-order valence-electron chi connectivity index (χ4n) is 1.59. The quantitative estimate of drug-likeness (QED) is 0.862. The molecule has 5 nitrogen and oxygen atoms in total. The van der Waals surface area contributed by atoms with E-state index in [1.807, 2.05) is 0 Å². The number of carbonyl (C=O) groups is 1. The van der Waals surface area contributed by atoms with E-state index in [9.17, 15) is 17.6 Å². The predicted molar refractivity (Wildman–Crippen MR) is 78.3 cm³/mol. The normalized spacial score (nSPS) is 11.1. The molecule has 2 N–H and O–H groups in total. The van der Waals surface area contributed by atoms with Gasteiger partial charge in [0.25, 0.3) is 10.0 Å². The van der Waals surface area contributed by atoms with Crippen LogP contribution in [0.15, 0.2) is 51.8 Å². The third-order valence-corrected chi connectivity index (χ3v) is 4.64. The number of sulfonamides is 1. The molecule has 0 bridgehead atoms. The summed E-state index contributed by atoms with van der Waals surface area (Å²) >= 11 is 3.08. The summed E-state index contributed by atoms with van der Waals surface area (Å²) in [5, 5.41) is 8.84. The Morgan fingerprint density at radius 1 is 1.19 bits per heavy atom. The second-order valence-corrected chi connectivity index (χ2v) is 6.54. The van der Waals surface area contributed by atoms with E-state index < -0.39 is 26.7 Å². The van der Waals surface area contributed by atoms with Crippen LogP contribution in [-0.2, 0) is 10.0 Å². The first-order valence-electron chi connectivity index (χ1n) is 5.61. The molecule has 0 fully saturated rings. The van der Waals surface area contributed by atoms with Crippen LogP contribution >= 0.6 is 15.9 Å². The second kappa shape index (κ2) is 5.82. The van der Waals surface area contributed by atoms with Crippen molar-refractivity contribution in [1.29, 1.82) is 0 Å². The third kappa shape index (κ3) is 3.40.